The van der Waals surface area contributed by atoms with Crippen LogP contribution >= 0.6 is 0 Å². The van der Waals surface area contributed by atoms with Gasteiger partial charge in [-0.2, -0.15) is 0 Å². The SMILES string of the molecule is Cc1ccc2nc(-c3ccccc3)n(C=N)c2c1. The number of nitrogens with zero attached hydrogens (tertiary/aromatic N) is 2. The van der Waals surface area contributed by atoms with E-state index in [0.717, 1.165) is 22.4 Å². The van der Waals surface area contributed by atoms with Crippen molar-refractivity contribution in [2.45, 2.75) is 6.92 Å². The first-order valence-electron chi connectivity index (χ1n) is 5.84. The largest absolute Gasteiger partial charge is 0.291 e. The van der Waals surface area contributed by atoms with Gasteiger partial charge < -0.3 is 0 Å². The van der Waals surface area contributed by atoms with Gasteiger partial charge in [0.25, 0.3) is 0 Å². The number of rotatable bonds is 2. The van der Waals surface area contributed by atoms with Crippen molar-refractivity contribution < 1.29 is 0 Å². The maximum absolute atomic E-state index is 7.60. The molecule has 3 heteroatoms. The second-order valence-corrected chi connectivity index (χ2v) is 4.29. The predicted molar refractivity (Wildman–Crippen MR) is 74.1 cm³/mol. The number of aromatic nitrogens is 2. The van der Waals surface area contributed by atoms with Crippen molar-refractivity contribution in [1.82, 2.24) is 9.55 Å². The Morgan fingerprint density at radius 3 is 2.61 bits per heavy atom. The van der Waals surface area contributed by atoms with Crippen molar-refractivity contribution in [3.63, 3.8) is 0 Å². The molecule has 0 spiro atoms. The fourth-order valence-electron chi connectivity index (χ4n) is 2.12. The Morgan fingerprint density at radius 2 is 1.89 bits per heavy atom. The molecule has 0 saturated heterocycles. The molecule has 1 aromatic heterocycles. The lowest BCUT2D eigenvalue weighted by atomic mass is 10.2. The van der Waals surface area contributed by atoms with Crippen molar-refractivity contribution in [2.24, 2.45) is 0 Å². The minimum Gasteiger partial charge on any atom is -0.291 e. The summed E-state index contributed by atoms with van der Waals surface area (Å²) in [4.78, 5) is 4.61. The third-order valence-electron chi connectivity index (χ3n) is 3.01. The van der Waals surface area contributed by atoms with Gasteiger partial charge in [0.1, 0.15) is 5.82 Å². The molecule has 0 radical (unpaired) electrons. The standard InChI is InChI=1S/C15H13N3/c1-11-7-8-13-14(9-11)18(10-16)15(17-13)12-5-3-2-4-6-12/h2-10,16H,1H3. The normalized spacial score (nSPS) is 10.7. The number of benzene rings is 2. The van der Waals surface area contributed by atoms with Crippen molar-refractivity contribution >= 4 is 17.4 Å². The number of aryl methyl sites for hydroxylation is 1. The van der Waals surface area contributed by atoms with E-state index in [-0.39, 0.29) is 0 Å². The van der Waals surface area contributed by atoms with E-state index in [9.17, 15) is 0 Å². The van der Waals surface area contributed by atoms with Crippen LogP contribution in [0, 0.1) is 12.3 Å². The summed E-state index contributed by atoms with van der Waals surface area (Å²) in [5.74, 6) is 0.811. The first-order chi connectivity index (χ1) is 8.79. The maximum atomic E-state index is 7.60. The maximum Gasteiger partial charge on any atom is 0.146 e. The third kappa shape index (κ3) is 1.61. The Labute approximate surface area is 105 Å². The minimum absolute atomic E-state index is 0.811. The molecule has 0 aliphatic heterocycles. The average molecular weight is 235 g/mol. The fourth-order valence-corrected chi connectivity index (χ4v) is 2.12. The molecular weight excluding hydrogens is 222 g/mol. The molecule has 3 nitrogen and oxygen atoms in total. The fraction of sp³-hybridized carbons (Fsp3) is 0.0667. The van der Waals surface area contributed by atoms with E-state index in [1.807, 2.05) is 54.0 Å². The molecule has 0 aliphatic rings. The van der Waals surface area contributed by atoms with Crippen LogP contribution in [0.2, 0.25) is 0 Å². The minimum atomic E-state index is 0.811. The highest BCUT2D eigenvalue weighted by atomic mass is 15.1. The highest BCUT2D eigenvalue weighted by Crippen LogP contribution is 2.24. The van der Waals surface area contributed by atoms with Gasteiger partial charge in [-0.05, 0) is 24.6 Å². The van der Waals surface area contributed by atoms with Gasteiger partial charge in [0.05, 0.1) is 17.4 Å². The molecule has 0 unspecified atom stereocenters. The monoisotopic (exact) mass is 235 g/mol. The molecule has 0 bridgehead atoms. The summed E-state index contributed by atoms with van der Waals surface area (Å²) >= 11 is 0. The van der Waals surface area contributed by atoms with Crippen LogP contribution in [-0.4, -0.2) is 15.9 Å². The van der Waals surface area contributed by atoms with Crippen molar-refractivity contribution in [2.75, 3.05) is 0 Å². The van der Waals surface area contributed by atoms with Crippen LogP contribution in [0.25, 0.3) is 22.4 Å². The van der Waals surface area contributed by atoms with Gasteiger partial charge >= 0.3 is 0 Å². The number of nitrogens with one attached hydrogen (secondary N) is 1. The van der Waals surface area contributed by atoms with Gasteiger partial charge in [-0.25, -0.2) is 4.98 Å². The Bertz CT molecular complexity index is 711. The zero-order chi connectivity index (χ0) is 12.5. The Kier molecular flexibility index (Phi) is 2.45. The lowest BCUT2D eigenvalue weighted by Crippen LogP contribution is -1.97. The summed E-state index contributed by atoms with van der Waals surface area (Å²) in [6, 6.07) is 16.0. The third-order valence-corrected chi connectivity index (χ3v) is 3.01. The summed E-state index contributed by atoms with van der Waals surface area (Å²) in [5.41, 5.74) is 4.09. The first kappa shape index (κ1) is 10.7. The van der Waals surface area contributed by atoms with Crippen LogP contribution in [0.1, 0.15) is 5.56 Å². The van der Waals surface area contributed by atoms with E-state index in [1.165, 1.54) is 11.9 Å². The highest BCUT2D eigenvalue weighted by molar-refractivity contribution is 5.88. The average Bonchev–Trinajstić information content (AvgIpc) is 2.77. The first-order valence-corrected chi connectivity index (χ1v) is 5.84. The molecule has 0 amide bonds. The second-order valence-electron chi connectivity index (χ2n) is 4.29. The quantitative estimate of drug-likeness (QED) is 0.536. The van der Waals surface area contributed by atoms with Gasteiger partial charge in [0.15, 0.2) is 0 Å². The summed E-state index contributed by atoms with van der Waals surface area (Å²) in [6.45, 7) is 2.04. The Balaban J connectivity index is 2.33. The van der Waals surface area contributed by atoms with Crippen LogP contribution in [0.4, 0.5) is 0 Å². The number of imidazole rings is 1. The Morgan fingerprint density at radius 1 is 1.11 bits per heavy atom. The number of fused-ring (bicyclic) bond motifs is 1. The molecule has 0 saturated carbocycles. The molecule has 0 aliphatic carbocycles. The van der Waals surface area contributed by atoms with E-state index in [1.54, 1.807) is 0 Å². The molecular formula is C15H13N3. The molecule has 88 valence electrons. The number of hydrogen-bond donors (Lipinski definition) is 1. The molecule has 18 heavy (non-hydrogen) atoms. The van der Waals surface area contributed by atoms with Crippen LogP contribution < -0.4 is 0 Å². The van der Waals surface area contributed by atoms with Gasteiger partial charge in [-0.3, -0.25) is 9.98 Å². The zero-order valence-corrected chi connectivity index (χ0v) is 10.1. The summed E-state index contributed by atoms with van der Waals surface area (Å²) in [5, 5.41) is 7.60. The lowest BCUT2D eigenvalue weighted by molar-refractivity contribution is 1.19. The van der Waals surface area contributed by atoms with Gasteiger partial charge in [0.2, 0.25) is 0 Å². The molecule has 1 heterocycles. The van der Waals surface area contributed by atoms with E-state index < -0.39 is 0 Å². The number of hydrogen-bond acceptors (Lipinski definition) is 2. The molecule has 3 rings (SSSR count). The molecule has 1 N–H and O–H groups in total. The topological polar surface area (TPSA) is 41.7 Å². The predicted octanol–water partition coefficient (Wildman–Crippen LogP) is 3.47. The van der Waals surface area contributed by atoms with E-state index >= 15 is 0 Å². The van der Waals surface area contributed by atoms with Crippen LogP contribution in [0.5, 0.6) is 0 Å². The Hall–Kier alpha value is -2.42. The van der Waals surface area contributed by atoms with E-state index in [4.69, 9.17) is 5.41 Å². The van der Waals surface area contributed by atoms with Gasteiger partial charge in [-0.15, -0.1) is 0 Å². The molecule has 0 atom stereocenters. The van der Waals surface area contributed by atoms with Crippen LogP contribution in [0.15, 0.2) is 48.5 Å². The highest BCUT2D eigenvalue weighted by Gasteiger charge is 2.10. The van der Waals surface area contributed by atoms with Crippen LogP contribution in [-0.2, 0) is 0 Å². The van der Waals surface area contributed by atoms with Gasteiger partial charge in [-0.1, -0.05) is 36.4 Å². The summed E-state index contributed by atoms with van der Waals surface area (Å²) < 4.78 is 1.82. The van der Waals surface area contributed by atoms with Crippen molar-refractivity contribution in [3.05, 3.63) is 54.1 Å². The molecule has 3 aromatic rings. The van der Waals surface area contributed by atoms with Gasteiger partial charge in [0, 0.05) is 5.56 Å². The molecule has 0 fully saturated rings. The van der Waals surface area contributed by atoms with E-state index in [0.29, 0.717) is 0 Å². The van der Waals surface area contributed by atoms with Crippen molar-refractivity contribution in [3.8, 4) is 11.4 Å². The molecule has 2 aromatic carbocycles. The summed E-state index contributed by atoms with van der Waals surface area (Å²) in [6.07, 6.45) is 1.32. The van der Waals surface area contributed by atoms with E-state index in [2.05, 4.69) is 11.1 Å². The lowest BCUT2D eigenvalue weighted by Gasteiger charge is -2.02. The second kappa shape index (κ2) is 4.11. The summed E-state index contributed by atoms with van der Waals surface area (Å²) in [7, 11) is 0. The smallest absolute Gasteiger partial charge is 0.146 e. The van der Waals surface area contributed by atoms with Crippen LogP contribution in [0.3, 0.4) is 0 Å². The zero-order valence-electron chi connectivity index (χ0n) is 10.1. The van der Waals surface area contributed by atoms with Crippen molar-refractivity contribution in [1.29, 1.82) is 5.41 Å².